The van der Waals surface area contributed by atoms with Crippen LogP contribution in [-0.4, -0.2) is 5.51 Å². The Bertz CT molecular complexity index is 374. The monoisotopic (exact) mass is 247 g/mol. The highest BCUT2D eigenvalue weighted by Crippen LogP contribution is 2.45. The fourth-order valence-corrected chi connectivity index (χ4v) is 2.40. The number of halogens is 3. The lowest BCUT2D eigenvalue weighted by molar-refractivity contribution is -0.0328. The quantitative estimate of drug-likeness (QED) is 0.824. The van der Waals surface area contributed by atoms with Crippen molar-refractivity contribution in [1.82, 2.24) is 0 Å². The molecule has 2 N–H and O–H groups in total. The Kier molecular flexibility index (Phi) is 3.17. The van der Waals surface area contributed by atoms with E-state index in [1.54, 1.807) is 18.2 Å². The second-order valence-electron chi connectivity index (χ2n) is 3.95. The second-order valence-corrected chi connectivity index (χ2v) is 5.06. The largest absolute Gasteiger partial charge is 0.446 e. The third-order valence-electron chi connectivity index (χ3n) is 2.63. The molecule has 0 saturated heterocycles. The number of nitrogens with two attached hydrogens (primary N) is 1. The Labute approximate surface area is 96.2 Å². The minimum atomic E-state index is -4.25. The Balaban J connectivity index is 2.22. The molecular weight excluding hydrogens is 235 g/mol. The van der Waals surface area contributed by atoms with Gasteiger partial charge in [0, 0.05) is 10.9 Å². The molecule has 0 heterocycles. The fourth-order valence-electron chi connectivity index (χ4n) is 1.68. The molecule has 0 aromatic heterocycles. The smallest absolute Gasteiger partial charge is 0.324 e. The molecule has 1 nitrogen and oxygen atoms in total. The van der Waals surface area contributed by atoms with E-state index in [0.717, 1.165) is 12.8 Å². The van der Waals surface area contributed by atoms with Gasteiger partial charge in [-0.15, -0.1) is 0 Å². The Hall–Kier alpha value is -0.680. The maximum atomic E-state index is 12.3. The topological polar surface area (TPSA) is 26.0 Å². The van der Waals surface area contributed by atoms with Crippen molar-refractivity contribution in [3.63, 3.8) is 0 Å². The number of hydrogen-bond acceptors (Lipinski definition) is 2. The van der Waals surface area contributed by atoms with Crippen LogP contribution in [0.25, 0.3) is 0 Å². The van der Waals surface area contributed by atoms with Gasteiger partial charge in [0.1, 0.15) is 0 Å². The molecule has 0 amide bonds. The Morgan fingerprint density at radius 2 is 1.88 bits per heavy atom. The molecule has 1 aliphatic carbocycles. The molecule has 1 aromatic carbocycles. The highest BCUT2D eigenvalue weighted by Gasteiger charge is 2.34. The maximum absolute atomic E-state index is 12.3. The first-order valence-corrected chi connectivity index (χ1v) is 5.89. The Morgan fingerprint density at radius 1 is 1.25 bits per heavy atom. The van der Waals surface area contributed by atoms with Crippen molar-refractivity contribution in [2.24, 2.45) is 11.7 Å². The van der Waals surface area contributed by atoms with Crippen LogP contribution >= 0.6 is 11.8 Å². The first-order valence-electron chi connectivity index (χ1n) is 5.07. The summed E-state index contributed by atoms with van der Waals surface area (Å²) in [6.07, 6.45) is 2.04. The third kappa shape index (κ3) is 2.92. The van der Waals surface area contributed by atoms with E-state index in [0.29, 0.717) is 11.5 Å². The first kappa shape index (κ1) is 11.8. The molecule has 0 unspecified atom stereocenters. The highest BCUT2D eigenvalue weighted by atomic mass is 32.2. The summed E-state index contributed by atoms with van der Waals surface area (Å²) in [6.45, 7) is 0. The summed E-state index contributed by atoms with van der Waals surface area (Å²) in [5, 5.41) is 0. The van der Waals surface area contributed by atoms with Gasteiger partial charge in [0.15, 0.2) is 0 Å². The van der Waals surface area contributed by atoms with Gasteiger partial charge >= 0.3 is 5.51 Å². The zero-order chi connectivity index (χ0) is 11.8. The molecule has 0 spiro atoms. The van der Waals surface area contributed by atoms with Crippen LogP contribution in [0, 0.1) is 5.92 Å². The molecule has 88 valence electrons. The van der Waals surface area contributed by atoms with Crippen LogP contribution in [0.3, 0.4) is 0 Å². The van der Waals surface area contributed by atoms with Crippen molar-refractivity contribution in [1.29, 1.82) is 0 Å². The summed E-state index contributed by atoms with van der Waals surface area (Å²) in [4.78, 5) is 0.231. The van der Waals surface area contributed by atoms with E-state index in [1.807, 2.05) is 0 Å². The van der Waals surface area contributed by atoms with Crippen molar-refractivity contribution in [3.8, 4) is 0 Å². The molecule has 1 fully saturated rings. The molecule has 0 bridgehead atoms. The van der Waals surface area contributed by atoms with Crippen LogP contribution in [0.4, 0.5) is 13.2 Å². The number of rotatable bonds is 3. The third-order valence-corrected chi connectivity index (χ3v) is 3.46. The first-order chi connectivity index (χ1) is 7.47. The van der Waals surface area contributed by atoms with Crippen LogP contribution in [0.1, 0.15) is 24.4 Å². The lowest BCUT2D eigenvalue weighted by atomic mass is 10.0. The van der Waals surface area contributed by atoms with Crippen molar-refractivity contribution in [2.75, 3.05) is 0 Å². The summed E-state index contributed by atoms with van der Waals surface area (Å²) < 4.78 is 37.0. The number of hydrogen-bond donors (Lipinski definition) is 1. The van der Waals surface area contributed by atoms with Gasteiger partial charge in [0.25, 0.3) is 0 Å². The zero-order valence-electron chi connectivity index (χ0n) is 8.50. The summed E-state index contributed by atoms with van der Waals surface area (Å²) in [5.41, 5.74) is 2.31. The van der Waals surface area contributed by atoms with Gasteiger partial charge < -0.3 is 5.73 Å². The van der Waals surface area contributed by atoms with Crippen LogP contribution < -0.4 is 5.73 Å². The summed E-state index contributed by atoms with van der Waals surface area (Å²) in [7, 11) is 0. The fraction of sp³-hybridized carbons (Fsp3) is 0.455. The second kappa shape index (κ2) is 4.30. The molecule has 16 heavy (non-hydrogen) atoms. The minimum absolute atomic E-state index is 0.0791. The van der Waals surface area contributed by atoms with Crippen molar-refractivity contribution >= 4 is 11.8 Å². The van der Waals surface area contributed by atoms with E-state index in [-0.39, 0.29) is 22.7 Å². The van der Waals surface area contributed by atoms with Gasteiger partial charge in [-0.1, -0.05) is 18.2 Å². The van der Waals surface area contributed by atoms with Crippen LogP contribution in [0.15, 0.2) is 29.2 Å². The van der Waals surface area contributed by atoms with Gasteiger partial charge in [-0.3, -0.25) is 0 Å². The lowest BCUT2D eigenvalue weighted by Crippen LogP contribution is -2.14. The molecule has 1 aliphatic rings. The van der Waals surface area contributed by atoms with Gasteiger partial charge in [-0.05, 0) is 42.2 Å². The predicted octanol–water partition coefficient (Wildman–Crippen LogP) is 3.71. The molecule has 2 rings (SSSR count). The van der Waals surface area contributed by atoms with Crippen molar-refractivity contribution in [2.45, 2.75) is 29.3 Å². The van der Waals surface area contributed by atoms with Gasteiger partial charge in [-0.25, -0.2) is 0 Å². The molecule has 5 heteroatoms. The number of alkyl halides is 3. The molecule has 1 atom stereocenters. The summed E-state index contributed by atoms with van der Waals surface area (Å²) in [6, 6.07) is 6.26. The van der Waals surface area contributed by atoms with E-state index < -0.39 is 5.51 Å². The van der Waals surface area contributed by atoms with E-state index in [9.17, 15) is 13.2 Å². The molecule has 1 saturated carbocycles. The predicted molar refractivity (Wildman–Crippen MR) is 58.0 cm³/mol. The number of benzene rings is 1. The minimum Gasteiger partial charge on any atom is -0.324 e. The van der Waals surface area contributed by atoms with Crippen molar-refractivity contribution in [3.05, 3.63) is 29.8 Å². The van der Waals surface area contributed by atoms with E-state index in [1.165, 1.54) is 6.07 Å². The normalized spacial score (nSPS) is 18.5. The van der Waals surface area contributed by atoms with E-state index >= 15 is 0 Å². The molecule has 0 radical (unpaired) electrons. The average Bonchev–Trinajstić information content (AvgIpc) is 2.98. The summed E-state index contributed by atoms with van der Waals surface area (Å²) >= 11 is -0.0791. The SMILES string of the molecule is N[C@H](c1ccccc1SC(F)(F)F)C1CC1. The van der Waals surface area contributed by atoms with Crippen LogP contribution in [0.5, 0.6) is 0 Å². The van der Waals surface area contributed by atoms with Crippen LogP contribution in [0.2, 0.25) is 0 Å². The average molecular weight is 247 g/mol. The van der Waals surface area contributed by atoms with E-state index in [2.05, 4.69) is 0 Å². The van der Waals surface area contributed by atoms with Gasteiger partial charge in [-0.2, -0.15) is 13.2 Å². The van der Waals surface area contributed by atoms with Gasteiger partial charge in [0.05, 0.1) is 0 Å². The van der Waals surface area contributed by atoms with Crippen molar-refractivity contribution < 1.29 is 13.2 Å². The lowest BCUT2D eigenvalue weighted by Gasteiger charge is -2.16. The van der Waals surface area contributed by atoms with Crippen LogP contribution in [-0.2, 0) is 0 Å². The maximum Gasteiger partial charge on any atom is 0.446 e. The zero-order valence-corrected chi connectivity index (χ0v) is 9.31. The molecule has 0 aliphatic heterocycles. The standard InChI is InChI=1S/C11H12F3NS/c12-11(13,14)16-9-4-2-1-3-8(9)10(15)7-5-6-7/h1-4,7,10H,5-6,15H2/t10-/m0/s1. The summed E-state index contributed by atoms with van der Waals surface area (Å²) in [5.74, 6) is 0.356. The molecular formula is C11H12F3NS. The van der Waals surface area contributed by atoms with E-state index in [4.69, 9.17) is 5.73 Å². The molecule has 1 aromatic rings. The number of thioether (sulfide) groups is 1. The van der Waals surface area contributed by atoms with Gasteiger partial charge in [0.2, 0.25) is 0 Å². The Morgan fingerprint density at radius 3 is 2.44 bits per heavy atom. The highest BCUT2D eigenvalue weighted by molar-refractivity contribution is 8.00.